The predicted molar refractivity (Wildman–Crippen MR) is 105 cm³/mol. The summed E-state index contributed by atoms with van der Waals surface area (Å²) in [5.41, 5.74) is -0.124. The van der Waals surface area contributed by atoms with Gasteiger partial charge in [0.1, 0.15) is 11.2 Å². The Hall–Kier alpha value is -2.80. The fourth-order valence-corrected chi connectivity index (χ4v) is 4.57. The molecule has 1 saturated carbocycles. The van der Waals surface area contributed by atoms with Gasteiger partial charge in [-0.05, 0) is 37.0 Å². The molecule has 4 rings (SSSR count). The fourth-order valence-electron chi connectivity index (χ4n) is 3.64. The van der Waals surface area contributed by atoms with E-state index in [0.717, 1.165) is 31.5 Å². The Morgan fingerprint density at radius 3 is 2.57 bits per heavy atom. The van der Waals surface area contributed by atoms with Gasteiger partial charge in [-0.15, -0.1) is 0 Å². The maximum Gasteiger partial charge on any atom is 0.417 e. The molecule has 3 aromatic rings. The van der Waals surface area contributed by atoms with Crippen LogP contribution in [0.5, 0.6) is 0 Å². The minimum absolute atomic E-state index is 0.0777. The number of fused-ring (bicyclic) bond motifs is 1. The summed E-state index contributed by atoms with van der Waals surface area (Å²) in [6, 6.07) is 5.03. The van der Waals surface area contributed by atoms with Crippen LogP contribution in [0.15, 0.2) is 29.4 Å². The highest BCUT2D eigenvalue weighted by Crippen LogP contribution is 2.44. The van der Waals surface area contributed by atoms with Gasteiger partial charge in [0.25, 0.3) is 0 Å². The molecule has 0 spiro atoms. The van der Waals surface area contributed by atoms with Gasteiger partial charge in [0.2, 0.25) is 0 Å². The maximum atomic E-state index is 13.0. The number of nitriles is 1. The molecule has 0 amide bonds. The van der Waals surface area contributed by atoms with E-state index in [1.54, 1.807) is 26.2 Å². The first-order chi connectivity index (χ1) is 14.2. The van der Waals surface area contributed by atoms with Gasteiger partial charge in [0.15, 0.2) is 11.5 Å². The van der Waals surface area contributed by atoms with Crippen LogP contribution in [0.2, 0.25) is 0 Å². The van der Waals surface area contributed by atoms with E-state index < -0.39 is 28.0 Å². The van der Waals surface area contributed by atoms with Crippen molar-refractivity contribution in [1.29, 1.82) is 5.26 Å². The average Bonchev–Trinajstić information content (AvgIpc) is 3.02. The molecule has 30 heavy (non-hydrogen) atoms. The lowest BCUT2D eigenvalue weighted by molar-refractivity contribution is -0.137. The molecule has 10 heteroatoms. The highest BCUT2D eigenvalue weighted by atomic mass is 32.2. The first kappa shape index (κ1) is 20.5. The normalized spacial score (nSPS) is 16.8. The number of hydrogen-bond acceptors (Lipinski definition) is 5. The van der Waals surface area contributed by atoms with E-state index in [1.807, 2.05) is 0 Å². The van der Waals surface area contributed by atoms with Crippen LogP contribution < -0.4 is 0 Å². The zero-order valence-corrected chi connectivity index (χ0v) is 17.1. The predicted octanol–water partition coefficient (Wildman–Crippen LogP) is 4.12. The number of hydrogen-bond donors (Lipinski definition) is 0. The zero-order valence-electron chi connectivity index (χ0n) is 16.3. The SMILES string of the molecule is CCS(=O)c1cc(C2(C#N)CCC2)cnc1-c1nc2cc(C(F)(F)F)cnc2n1C. The molecule has 0 aromatic carbocycles. The molecule has 1 aliphatic carbocycles. The van der Waals surface area contributed by atoms with Crippen LogP contribution in [-0.2, 0) is 29.4 Å². The second kappa shape index (κ2) is 7.16. The van der Waals surface area contributed by atoms with Gasteiger partial charge in [-0.1, -0.05) is 6.92 Å². The molecule has 3 aromatic heterocycles. The van der Waals surface area contributed by atoms with Crippen molar-refractivity contribution >= 4 is 22.0 Å². The Morgan fingerprint density at radius 2 is 2.00 bits per heavy atom. The van der Waals surface area contributed by atoms with Gasteiger partial charge in [-0.3, -0.25) is 9.19 Å². The van der Waals surface area contributed by atoms with Crippen LogP contribution in [0, 0.1) is 11.3 Å². The summed E-state index contributed by atoms with van der Waals surface area (Å²) in [5.74, 6) is 0.609. The van der Waals surface area contributed by atoms with Crippen LogP contribution in [0.25, 0.3) is 22.7 Å². The van der Waals surface area contributed by atoms with Crippen LogP contribution in [0.3, 0.4) is 0 Å². The Labute approximate surface area is 173 Å². The summed E-state index contributed by atoms with van der Waals surface area (Å²) in [7, 11) is 0.225. The summed E-state index contributed by atoms with van der Waals surface area (Å²) < 4.78 is 53.4. The van der Waals surface area contributed by atoms with Crippen molar-refractivity contribution in [2.45, 2.75) is 42.7 Å². The van der Waals surface area contributed by atoms with E-state index in [-0.39, 0.29) is 17.0 Å². The standard InChI is InChI=1S/C20H18F3N5OS/c1-3-30(29)15-8-12(19(11-24)5-4-6-19)9-25-16(15)18-27-14-7-13(20(21,22)23)10-26-17(14)28(18)2/h7-10H,3-6H2,1-2H3. The highest BCUT2D eigenvalue weighted by molar-refractivity contribution is 7.85. The van der Waals surface area contributed by atoms with Crippen molar-refractivity contribution < 1.29 is 17.4 Å². The molecule has 1 fully saturated rings. The van der Waals surface area contributed by atoms with E-state index >= 15 is 0 Å². The number of pyridine rings is 2. The molecule has 0 N–H and O–H groups in total. The van der Waals surface area contributed by atoms with Crippen LogP contribution in [0.4, 0.5) is 13.2 Å². The van der Waals surface area contributed by atoms with Crippen molar-refractivity contribution in [2.24, 2.45) is 7.05 Å². The van der Waals surface area contributed by atoms with Crippen molar-refractivity contribution in [2.75, 3.05) is 5.75 Å². The molecule has 6 nitrogen and oxygen atoms in total. The summed E-state index contributed by atoms with van der Waals surface area (Å²) in [5, 5.41) is 9.62. The number of alkyl halides is 3. The maximum absolute atomic E-state index is 13.0. The van der Waals surface area contributed by atoms with Crippen molar-refractivity contribution in [1.82, 2.24) is 19.5 Å². The van der Waals surface area contributed by atoms with Gasteiger partial charge in [0.05, 0.1) is 32.7 Å². The number of imidazole rings is 1. The molecule has 1 aliphatic rings. The summed E-state index contributed by atoms with van der Waals surface area (Å²) >= 11 is 0. The molecular formula is C20H18F3N5OS. The molecule has 156 valence electrons. The van der Waals surface area contributed by atoms with Gasteiger partial charge < -0.3 is 4.57 Å². The second-order valence-corrected chi connectivity index (χ2v) is 9.02. The average molecular weight is 433 g/mol. The van der Waals surface area contributed by atoms with Gasteiger partial charge in [0, 0.05) is 25.2 Å². The lowest BCUT2D eigenvalue weighted by atomic mass is 9.66. The Kier molecular flexibility index (Phi) is 4.89. The molecule has 1 atom stereocenters. The lowest BCUT2D eigenvalue weighted by Gasteiger charge is -2.35. The first-order valence-electron chi connectivity index (χ1n) is 9.40. The smallest absolute Gasteiger partial charge is 0.310 e. The van der Waals surface area contributed by atoms with Crippen molar-refractivity contribution in [3.05, 3.63) is 35.7 Å². The third kappa shape index (κ3) is 3.17. The minimum atomic E-state index is -4.53. The summed E-state index contributed by atoms with van der Waals surface area (Å²) in [6.45, 7) is 1.77. The Morgan fingerprint density at radius 1 is 1.27 bits per heavy atom. The van der Waals surface area contributed by atoms with Crippen LogP contribution in [-0.4, -0.2) is 29.5 Å². The number of aromatic nitrogens is 4. The van der Waals surface area contributed by atoms with Gasteiger partial charge >= 0.3 is 6.18 Å². The largest absolute Gasteiger partial charge is 0.417 e. The number of rotatable bonds is 4. The van der Waals surface area contributed by atoms with Gasteiger partial charge in [-0.2, -0.15) is 18.4 Å². The molecular weight excluding hydrogens is 415 g/mol. The topological polar surface area (TPSA) is 84.5 Å². The van der Waals surface area contributed by atoms with Gasteiger partial charge in [-0.25, -0.2) is 9.97 Å². The molecule has 1 unspecified atom stereocenters. The molecule has 0 saturated heterocycles. The molecule has 0 aliphatic heterocycles. The Balaban J connectivity index is 1.89. The van der Waals surface area contributed by atoms with Crippen LogP contribution >= 0.6 is 0 Å². The van der Waals surface area contributed by atoms with E-state index in [1.165, 1.54) is 4.57 Å². The number of halogens is 3. The van der Waals surface area contributed by atoms with E-state index in [2.05, 4.69) is 21.0 Å². The number of nitrogens with zero attached hydrogens (tertiary/aromatic N) is 5. The Bertz CT molecular complexity index is 1210. The second-order valence-electron chi connectivity index (χ2n) is 7.31. The molecule has 3 heterocycles. The first-order valence-corrected chi connectivity index (χ1v) is 10.7. The molecule has 0 radical (unpaired) electrons. The molecule has 0 bridgehead atoms. The van der Waals surface area contributed by atoms with E-state index in [4.69, 9.17) is 0 Å². The van der Waals surface area contributed by atoms with Crippen molar-refractivity contribution in [3.8, 4) is 17.6 Å². The zero-order chi connectivity index (χ0) is 21.7. The van der Waals surface area contributed by atoms with Crippen LogP contribution in [0.1, 0.15) is 37.3 Å². The highest BCUT2D eigenvalue weighted by Gasteiger charge is 2.40. The summed E-state index contributed by atoms with van der Waals surface area (Å²) in [6.07, 6.45) is 0.213. The van der Waals surface area contributed by atoms with Crippen molar-refractivity contribution in [3.63, 3.8) is 0 Å². The third-order valence-electron chi connectivity index (χ3n) is 5.58. The quantitative estimate of drug-likeness (QED) is 0.618. The van der Waals surface area contributed by atoms with E-state index in [0.29, 0.717) is 21.9 Å². The third-order valence-corrected chi connectivity index (χ3v) is 6.91. The summed E-state index contributed by atoms with van der Waals surface area (Å²) in [4.78, 5) is 13.1. The monoisotopic (exact) mass is 433 g/mol. The number of aryl methyl sites for hydroxylation is 1. The minimum Gasteiger partial charge on any atom is -0.310 e. The van der Waals surface area contributed by atoms with E-state index in [9.17, 15) is 22.6 Å². The fraction of sp³-hybridized carbons (Fsp3) is 0.400. The lowest BCUT2D eigenvalue weighted by Crippen LogP contribution is -2.32.